The Hall–Kier alpha value is -1.71. The third-order valence-electron chi connectivity index (χ3n) is 2.55. The lowest BCUT2D eigenvalue weighted by Gasteiger charge is -2.10. The summed E-state index contributed by atoms with van der Waals surface area (Å²) in [7, 11) is 0. The number of aromatic nitrogens is 2. The molecule has 84 valence electrons. The summed E-state index contributed by atoms with van der Waals surface area (Å²) in [5.74, 6) is 0.0117. The fraction of sp³-hybridized carbons (Fsp3) is 0.333. The van der Waals surface area contributed by atoms with Gasteiger partial charge in [0, 0.05) is 11.3 Å². The van der Waals surface area contributed by atoms with Gasteiger partial charge < -0.3 is 4.98 Å². The van der Waals surface area contributed by atoms with E-state index in [1.165, 1.54) is 6.07 Å². The first kappa shape index (κ1) is 10.8. The molecule has 0 aromatic carbocycles. The molecule has 0 unspecified atom stereocenters. The Bertz CT molecular complexity index is 560. The standard InChI is InChI=1S/C12H13FN2O/c1-6(2)8-5-9-10(13)4-7(3)14-11(9)15-12(8)16/h4-6H,1-3H3,(H,14,15,16). The van der Waals surface area contributed by atoms with Crippen LogP contribution in [0, 0.1) is 12.7 Å². The predicted molar refractivity (Wildman–Crippen MR) is 60.3 cm³/mol. The van der Waals surface area contributed by atoms with Gasteiger partial charge in [-0.05, 0) is 25.0 Å². The Morgan fingerprint density at radius 1 is 1.38 bits per heavy atom. The second-order valence-corrected chi connectivity index (χ2v) is 4.23. The molecule has 0 radical (unpaired) electrons. The average molecular weight is 220 g/mol. The van der Waals surface area contributed by atoms with Gasteiger partial charge >= 0.3 is 0 Å². The first-order valence-corrected chi connectivity index (χ1v) is 5.19. The monoisotopic (exact) mass is 220 g/mol. The Morgan fingerprint density at radius 2 is 2.06 bits per heavy atom. The molecule has 0 aliphatic carbocycles. The molecule has 0 spiro atoms. The summed E-state index contributed by atoms with van der Waals surface area (Å²) in [4.78, 5) is 18.4. The van der Waals surface area contributed by atoms with Crippen molar-refractivity contribution in [3.63, 3.8) is 0 Å². The van der Waals surface area contributed by atoms with Crippen LogP contribution in [0.1, 0.15) is 31.0 Å². The Labute approximate surface area is 92.7 Å². The predicted octanol–water partition coefficient (Wildman–Crippen LogP) is 2.45. The topological polar surface area (TPSA) is 45.8 Å². The van der Waals surface area contributed by atoms with E-state index in [1.807, 2.05) is 13.8 Å². The molecular formula is C12H13FN2O. The van der Waals surface area contributed by atoms with Crippen molar-refractivity contribution in [3.8, 4) is 11.4 Å². The van der Waals surface area contributed by atoms with Crippen LogP contribution < -0.4 is 5.56 Å². The molecule has 16 heavy (non-hydrogen) atoms. The number of nitrogens with one attached hydrogen (secondary N) is 1. The minimum Gasteiger partial charge on any atom is -0.343 e. The van der Waals surface area contributed by atoms with Crippen LogP contribution in [0.4, 0.5) is 4.39 Å². The van der Waals surface area contributed by atoms with E-state index in [0.29, 0.717) is 22.6 Å². The highest BCUT2D eigenvalue weighted by Crippen LogP contribution is 2.23. The van der Waals surface area contributed by atoms with Gasteiger partial charge in [0.25, 0.3) is 5.56 Å². The van der Waals surface area contributed by atoms with E-state index < -0.39 is 0 Å². The Balaban J connectivity index is 2.80. The maximum absolute atomic E-state index is 13.7. The molecule has 0 saturated carbocycles. The van der Waals surface area contributed by atoms with Gasteiger partial charge in [0.2, 0.25) is 0 Å². The summed E-state index contributed by atoms with van der Waals surface area (Å²) in [5, 5.41) is 0. The molecule has 0 aromatic heterocycles. The highest BCUT2D eigenvalue weighted by molar-refractivity contribution is 5.58. The van der Waals surface area contributed by atoms with E-state index in [0.717, 1.165) is 0 Å². The summed E-state index contributed by atoms with van der Waals surface area (Å²) in [6.07, 6.45) is 0. The lowest BCUT2D eigenvalue weighted by Crippen LogP contribution is -2.17. The number of rotatable bonds is 1. The highest BCUT2D eigenvalue weighted by Gasteiger charge is 2.15. The molecule has 0 fully saturated rings. The zero-order valence-corrected chi connectivity index (χ0v) is 9.47. The molecule has 0 atom stereocenters. The SMILES string of the molecule is Cc1cc(F)c2cc(C(C)C)c(=O)nc-2[nH]1. The van der Waals surface area contributed by atoms with E-state index in [1.54, 1.807) is 13.0 Å². The van der Waals surface area contributed by atoms with E-state index in [-0.39, 0.29) is 17.3 Å². The minimum atomic E-state index is -0.347. The molecule has 2 heterocycles. The molecule has 4 heteroatoms. The van der Waals surface area contributed by atoms with Gasteiger partial charge in [-0.1, -0.05) is 13.8 Å². The van der Waals surface area contributed by atoms with Crippen LogP contribution in [-0.4, -0.2) is 9.97 Å². The number of nitrogens with zero attached hydrogens (tertiary/aromatic N) is 1. The van der Waals surface area contributed by atoms with Gasteiger partial charge in [0.05, 0.1) is 5.56 Å². The maximum Gasteiger partial charge on any atom is 0.275 e. The van der Waals surface area contributed by atoms with Gasteiger partial charge in [-0.15, -0.1) is 0 Å². The molecule has 2 rings (SSSR count). The summed E-state index contributed by atoms with van der Waals surface area (Å²) < 4.78 is 13.7. The first-order valence-electron chi connectivity index (χ1n) is 5.19. The number of aryl methyl sites for hydroxylation is 1. The van der Waals surface area contributed by atoms with Crippen molar-refractivity contribution in [1.82, 2.24) is 9.97 Å². The van der Waals surface area contributed by atoms with E-state index in [4.69, 9.17) is 0 Å². The van der Waals surface area contributed by atoms with Crippen LogP contribution >= 0.6 is 0 Å². The number of aromatic amines is 1. The maximum atomic E-state index is 13.7. The van der Waals surface area contributed by atoms with Gasteiger partial charge in [0.15, 0.2) is 0 Å². The zero-order chi connectivity index (χ0) is 11.9. The summed E-state index contributed by atoms with van der Waals surface area (Å²) in [6.45, 7) is 5.51. The van der Waals surface area contributed by atoms with E-state index in [9.17, 15) is 9.18 Å². The van der Waals surface area contributed by atoms with Gasteiger partial charge in [-0.25, -0.2) is 4.39 Å². The molecule has 0 aromatic rings. The zero-order valence-electron chi connectivity index (χ0n) is 9.47. The highest BCUT2D eigenvalue weighted by atomic mass is 19.1. The average Bonchev–Trinajstić information content (AvgIpc) is 2.15. The third-order valence-corrected chi connectivity index (χ3v) is 2.55. The second kappa shape index (κ2) is 3.70. The largest absolute Gasteiger partial charge is 0.343 e. The molecule has 2 aliphatic heterocycles. The van der Waals surface area contributed by atoms with Crippen LogP contribution in [0.15, 0.2) is 16.9 Å². The van der Waals surface area contributed by atoms with Crippen molar-refractivity contribution in [2.45, 2.75) is 26.7 Å². The molecule has 0 saturated heterocycles. The number of fused-ring (bicyclic) bond motifs is 1. The van der Waals surface area contributed by atoms with Crippen LogP contribution in [0.3, 0.4) is 0 Å². The van der Waals surface area contributed by atoms with E-state index in [2.05, 4.69) is 9.97 Å². The summed E-state index contributed by atoms with van der Waals surface area (Å²) in [6, 6.07) is 2.99. The summed E-state index contributed by atoms with van der Waals surface area (Å²) >= 11 is 0. The molecule has 0 amide bonds. The number of hydrogen-bond donors (Lipinski definition) is 1. The number of pyridine rings is 2. The fourth-order valence-corrected chi connectivity index (χ4v) is 1.69. The quantitative estimate of drug-likeness (QED) is 0.802. The smallest absolute Gasteiger partial charge is 0.275 e. The fourth-order valence-electron chi connectivity index (χ4n) is 1.69. The molecule has 2 aliphatic rings. The first-order chi connectivity index (χ1) is 7.49. The number of H-pyrrole nitrogens is 1. The van der Waals surface area contributed by atoms with Crippen molar-refractivity contribution < 1.29 is 4.39 Å². The van der Waals surface area contributed by atoms with Crippen molar-refractivity contribution >= 4 is 0 Å². The van der Waals surface area contributed by atoms with Crippen molar-refractivity contribution in [2.24, 2.45) is 0 Å². The van der Waals surface area contributed by atoms with Crippen molar-refractivity contribution in [2.75, 3.05) is 0 Å². The van der Waals surface area contributed by atoms with Crippen LogP contribution in [-0.2, 0) is 0 Å². The molecular weight excluding hydrogens is 207 g/mol. The number of hydrogen-bond acceptors (Lipinski definition) is 2. The molecule has 3 nitrogen and oxygen atoms in total. The van der Waals surface area contributed by atoms with Gasteiger partial charge in [-0.3, -0.25) is 4.79 Å². The van der Waals surface area contributed by atoms with Crippen LogP contribution in [0.2, 0.25) is 0 Å². The number of halogens is 1. The molecule has 0 bridgehead atoms. The minimum absolute atomic E-state index is 0.0464. The summed E-state index contributed by atoms with van der Waals surface area (Å²) in [5.41, 5.74) is 1.27. The van der Waals surface area contributed by atoms with Gasteiger partial charge in [0.1, 0.15) is 11.6 Å². The normalized spacial score (nSPS) is 11.3. The van der Waals surface area contributed by atoms with Crippen LogP contribution in [0.25, 0.3) is 11.4 Å². The Morgan fingerprint density at radius 3 is 2.69 bits per heavy atom. The van der Waals surface area contributed by atoms with Crippen molar-refractivity contribution in [1.29, 1.82) is 0 Å². The van der Waals surface area contributed by atoms with Crippen molar-refractivity contribution in [3.05, 3.63) is 39.6 Å². The lowest BCUT2D eigenvalue weighted by molar-refractivity contribution is 0.624. The van der Waals surface area contributed by atoms with Crippen LogP contribution in [0.5, 0.6) is 0 Å². The van der Waals surface area contributed by atoms with Gasteiger partial charge in [-0.2, -0.15) is 4.98 Å². The van der Waals surface area contributed by atoms with E-state index >= 15 is 0 Å². The molecule has 1 N–H and O–H groups in total. The second-order valence-electron chi connectivity index (χ2n) is 4.23. The lowest BCUT2D eigenvalue weighted by atomic mass is 10.0. The third kappa shape index (κ3) is 1.71. The Kier molecular flexibility index (Phi) is 2.50.